The first kappa shape index (κ1) is 16.8. The Morgan fingerprint density at radius 2 is 1.81 bits per heavy atom. The van der Waals surface area contributed by atoms with Gasteiger partial charge in [0.1, 0.15) is 5.92 Å². The molecule has 3 N–H and O–H groups in total. The number of rotatable bonds is 3. The minimum Gasteiger partial charge on any atom is -0.399 e. The van der Waals surface area contributed by atoms with Gasteiger partial charge in [-0.2, -0.15) is 15.2 Å². The Kier molecular flexibility index (Phi) is 4.30. The number of nitrogen functional groups attached to an aromatic ring is 1. The molecule has 0 aliphatic carbocycles. The molecular weight excluding hydrogens is 338 g/mol. The molecule has 1 amide bonds. The first-order valence-electron chi connectivity index (χ1n) is 8.65. The lowest BCUT2D eigenvalue weighted by Crippen LogP contribution is -2.32. The zero-order valence-corrected chi connectivity index (χ0v) is 14.8. The topological polar surface area (TPSA) is 83.1 Å². The number of allylic oxidation sites excluding steroid dienone is 3. The minimum atomic E-state index is -0.530. The number of para-hydroxylation sites is 1. The summed E-state index contributed by atoms with van der Waals surface area (Å²) in [6.45, 7) is 1.86. The summed E-state index contributed by atoms with van der Waals surface area (Å²) < 4.78 is 0. The van der Waals surface area contributed by atoms with Crippen molar-refractivity contribution in [3.63, 3.8) is 0 Å². The maximum absolute atomic E-state index is 13.2. The van der Waals surface area contributed by atoms with Crippen molar-refractivity contribution in [2.75, 3.05) is 10.7 Å². The number of hydrazone groups is 2. The van der Waals surface area contributed by atoms with Crippen LogP contribution in [0.5, 0.6) is 0 Å². The van der Waals surface area contributed by atoms with Crippen LogP contribution in [0.3, 0.4) is 0 Å². The fourth-order valence-corrected chi connectivity index (χ4v) is 3.23. The summed E-state index contributed by atoms with van der Waals surface area (Å²) in [6.07, 6.45) is 5.44. The number of hydrogen-bond acceptors (Lipinski definition) is 5. The molecule has 0 fully saturated rings. The van der Waals surface area contributed by atoms with Crippen LogP contribution in [0, 0.1) is 5.92 Å². The lowest BCUT2D eigenvalue weighted by Gasteiger charge is -2.19. The molecule has 1 unspecified atom stereocenters. The first-order valence-corrected chi connectivity index (χ1v) is 8.65. The van der Waals surface area contributed by atoms with Gasteiger partial charge in [-0.1, -0.05) is 36.4 Å². The fraction of sp³-hybridized carbons (Fsp3) is 0.0952. The quantitative estimate of drug-likeness (QED) is 0.828. The first-order chi connectivity index (χ1) is 13.1. The Morgan fingerprint density at radius 1 is 1.07 bits per heavy atom. The van der Waals surface area contributed by atoms with Crippen LogP contribution in [0.1, 0.15) is 12.5 Å². The van der Waals surface area contributed by atoms with Crippen LogP contribution in [0.15, 0.2) is 82.6 Å². The summed E-state index contributed by atoms with van der Waals surface area (Å²) >= 11 is 0. The van der Waals surface area contributed by atoms with Gasteiger partial charge < -0.3 is 5.73 Å². The molecule has 134 valence electrons. The van der Waals surface area contributed by atoms with E-state index in [0.717, 1.165) is 16.8 Å². The highest BCUT2D eigenvalue weighted by Gasteiger charge is 2.38. The monoisotopic (exact) mass is 357 g/mol. The van der Waals surface area contributed by atoms with E-state index in [1.54, 1.807) is 6.21 Å². The van der Waals surface area contributed by atoms with Crippen LogP contribution in [0.2, 0.25) is 0 Å². The van der Waals surface area contributed by atoms with Crippen LogP contribution < -0.4 is 16.2 Å². The van der Waals surface area contributed by atoms with Crippen molar-refractivity contribution < 1.29 is 4.79 Å². The molecule has 1 atom stereocenters. The molecule has 6 nitrogen and oxygen atoms in total. The van der Waals surface area contributed by atoms with Gasteiger partial charge in [-0.15, -0.1) is 0 Å². The van der Waals surface area contributed by atoms with Crippen molar-refractivity contribution in [2.24, 2.45) is 16.1 Å². The van der Waals surface area contributed by atoms with Crippen LogP contribution >= 0.6 is 0 Å². The molecule has 2 heterocycles. The van der Waals surface area contributed by atoms with Crippen molar-refractivity contribution in [2.45, 2.75) is 6.92 Å². The van der Waals surface area contributed by atoms with Gasteiger partial charge in [0, 0.05) is 17.5 Å². The maximum Gasteiger partial charge on any atom is 0.262 e. The molecule has 2 aliphatic rings. The van der Waals surface area contributed by atoms with Crippen molar-refractivity contribution >= 4 is 34.8 Å². The number of benzene rings is 2. The predicted molar refractivity (Wildman–Crippen MR) is 109 cm³/mol. The molecule has 0 radical (unpaired) electrons. The highest BCUT2D eigenvalue weighted by atomic mass is 16.2. The van der Waals surface area contributed by atoms with Gasteiger partial charge in [0.05, 0.1) is 17.1 Å². The lowest BCUT2D eigenvalue weighted by molar-refractivity contribution is -0.119. The number of nitrogens with one attached hydrogen (secondary N) is 1. The smallest absolute Gasteiger partial charge is 0.262 e. The highest BCUT2D eigenvalue weighted by molar-refractivity contribution is 6.17. The number of carbonyl (C=O) groups is 1. The highest BCUT2D eigenvalue weighted by Crippen LogP contribution is 2.32. The Morgan fingerprint density at radius 3 is 2.56 bits per heavy atom. The standard InChI is InChI=1S/C21H19N5O/c1-14-19(21(27)26(25-14)17-6-3-2-4-7-17)20-18(8-5-13-23-24-20)15-9-11-16(22)12-10-15/h2-13,19,24H,22H2,1H3. The van der Waals surface area contributed by atoms with Crippen molar-refractivity contribution in [1.82, 2.24) is 5.43 Å². The summed E-state index contributed by atoms with van der Waals surface area (Å²) in [6, 6.07) is 17.0. The fourth-order valence-electron chi connectivity index (χ4n) is 3.23. The minimum absolute atomic E-state index is 0.111. The van der Waals surface area contributed by atoms with Gasteiger partial charge in [0.2, 0.25) is 0 Å². The number of anilines is 2. The summed E-state index contributed by atoms with van der Waals surface area (Å²) in [5, 5.41) is 10.1. The van der Waals surface area contributed by atoms with E-state index in [9.17, 15) is 4.79 Å². The average Bonchev–Trinajstić information content (AvgIpc) is 2.85. The van der Waals surface area contributed by atoms with E-state index < -0.39 is 5.92 Å². The Labute approximate surface area is 157 Å². The Balaban J connectivity index is 1.78. The van der Waals surface area contributed by atoms with Crippen molar-refractivity contribution in [3.8, 4) is 0 Å². The molecule has 2 aromatic carbocycles. The largest absolute Gasteiger partial charge is 0.399 e. The van der Waals surface area contributed by atoms with E-state index in [4.69, 9.17) is 5.73 Å². The molecule has 0 saturated carbocycles. The SMILES string of the molecule is CC1=NN(c2ccccc2)C(=O)C1C1=C(c2ccc(N)cc2)C=CC=NN1. The molecule has 2 aliphatic heterocycles. The van der Waals surface area contributed by atoms with E-state index >= 15 is 0 Å². The Bertz CT molecular complexity index is 987. The molecular formula is C21H19N5O. The summed E-state index contributed by atoms with van der Waals surface area (Å²) in [4.78, 5) is 13.2. The van der Waals surface area contributed by atoms with Gasteiger partial charge in [0.15, 0.2) is 0 Å². The van der Waals surface area contributed by atoms with E-state index in [-0.39, 0.29) is 5.91 Å². The number of amides is 1. The predicted octanol–water partition coefficient (Wildman–Crippen LogP) is 3.16. The number of nitrogens with zero attached hydrogens (tertiary/aromatic N) is 3. The van der Waals surface area contributed by atoms with Crippen LogP contribution in [0.4, 0.5) is 11.4 Å². The van der Waals surface area contributed by atoms with Crippen molar-refractivity contribution in [3.05, 3.63) is 78.0 Å². The van der Waals surface area contributed by atoms with Crippen LogP contribution in [-0.4, -0.2) is 17.8 Å². The molecule has 0 bridgehead atoms. The third kappa shape index (κ3) is 3.13. The zero-order valence-electron chi connectivity index (χ0n) is 14.8. The van der Waals surface area contributed by atoms with E-state index in [1.165, 1.54) is 5.01 Å². The van der Waals surface area contributed by atoms with Crippen LogP contribution in [-0.2, 0) is 4.79 Å². The summed E-state index contributed by atoms with van der Waals surface area (Å²) in [5.41, 5.74) is 13.5. The molecule has 27 heavy (non-hydrogen) atoms. The van der Waals surface area contributed by atoms with Gasteiger partial charge in [-0.05, 0) is 42.8 Å². The lowest BCUT2D eigenvalue weighted by atomic mass is 9.92. The van der Waals surface area contributed by atoms with E-state index in [1.807, 2.05) is 73.7 Å². The van der Waals surface area contributed by atoms with Gasteiger partial charge in [0.25, 0.3) is 5.91 Å². The third-order valence-corrected chi connectivity index (χ3v) is 4.54. The molecule has 0 spiro atoms. The van der Waals surface area contributed by atoms with Crippen LogP contribution in [0.25, 0.3) is 5.57 Å². The molecule has 2 aromatic rings. The maximum atomic E-state index is 13.2. The second-order valence-corrected chi connectivity index (χ2v) is 6.36. The van der Waals surface area contributed by atoms with E-state index in [0.29, 0.717) is 17.1 Å². The second-order valence-electron chi connectivity index (χ2n) is 6.36. The Hall–Kier alpha value is -3.67. The molecule has 6 heteroatoms. The zero-order chi connectivity index (χ0) is 18.8. The number of hydrogen-bond donors (Lipinski definition) is 2. The van der Waals surface area contributed by atoms with Gasteiger partial charge >= 0.3 is 0 Å². The summed E-state index contributed by atoms with van der Waals surface area (Å²) in [7, 11) is 0. The van der Waals surface area contributed by atoms with Crippen molar-refractivity contribution in [1.29, 1.82) is 0 Å². The van der Waals surface area contributed by atoms with E-state index in [2.05, 4.69) is 15.6 Å². The molecule has 0 aromatic heterocycles. The average molecular weight is 357 g/mol. The number of carbonyl (C=O) groups excluding carboxylic acids is 1. The molecule has 0 saturated heterocycles. The van der Waals surface area contributed by atoms with Gasteiger partial charge in [-0.25, -0.2) is 0 Å². The summed E-state index contributed by atoms with van der Waals surface area (Å²) in [5.74, 6) is -0.641. The second kappa shape index (κ2) is 6.92. The third-order valence-electron chi connectivity index (χ3n) is 4.54. The number of nitrogens with two attached hydrogens (primary N) is 1. The van der Waals surface area contributed by atoms with Gasteiger partial charge in [-0.3, -0.25) is 10.2 Å². The molecule has 4 rings (SSSR count). The normalized spacial score (nSPS) is 19.1.